The van der Waals surface area contributed by atoms with Crippen LogP contribution in [0, 0.1) is 0 Å². The zero-order valence-corrected chi connectivity index (χ0v) is 15.5. The van der Waals surface area contributed by atoms with Gasteiger partial charge in [0.15, 0.2) is 0 Å². The van der Waals surface area contributed by atoms with Crippen LogP contribution in [0.4, 0.5) is 5.82 Å². The molecule has 3 rings (SSSR count). The molecule has 2 aromatic rings. The first-order valence-corrected chi connectivity index (χ1v) is 9.62. The quantitative estimate of drug-likeness (QED) is 0.817. The zero-order chi connectivity index (χ0) is 18.4. The van der Waals surface area contributed by atoms with Crippen molar-refractivity contribution >= 4 is 23.5 Å². The van der Waals surface area contributed by atoms with Gasteiger partial charge < -0.3 is 15.0 Å². The summed E-state index contributed by atoms with van der Waals surface area (Å²) in [5.74, 6) is 3.27. The number of carbonyl (C=O) groups is 1. The molecule has 26 heavy (non-hydrogen) atoms. The highest BCUT2D eigenvalue weighted by Gasteiger charge is 2.14. The molecule has 7 nitrogen and oxygen atoms in total. The summed E-state index contributed by atoms with van der Waals surface area (Å²) < 4.78 is 6.49. The van der Waals surface area contributed by atoms with Crippen molar-refractivity contribution in [2.24, 2.45) is 0 Å². The van der Waals surface area contributed by atoms with Gasteiger partial charge in [-0.3, -0.25) is 9.59 Å². The predicted octanol–water partition coefficient (Wildman–Crippen LogP) is 1.12. The van der Waals surface area contributed by atoms with Crippen molar-refractivity contribution in [2.75, 3.05) is 36.6 Å². The van der Waals surface area contributed by atoms with Gasteiger partial charge in [0, 0.05) is 42.8 Å². The highest BCUT2D eigenvalue weighted by molar-refractivity contribution is 7.99. The number of amides is 1. The van der Waals surface area contributed by atoms with Crippen molar-refractivity contribution in [3.8, 4) is 5.75 Å². The van der Waals surface area contributed by atoms with E-state index in [9.17, 15) is 9.59 Å². The standard InChI is InChI=1S/C18H22N4O3S/c1-25-15-5-3-2-4-14(15)12-19-17(23)13-22-18(24)7-6-16(20-22)21-8-10-26-11-9-21/h2-7H,8-13H2,1H3,(H,19,23). The molecule has 1 aromatic carbocycles. The Hall–Kier alpha value is -2.48. The largest absolute Gasteiger partial charge is 0.496 e. The van der Waals surface area contributed by atoms with Gasteiger partial charge in [-0.15, -0.1) is 0 Å². The van der Waals surface area contributed by atoms with E-state index >= 15 is 0 Å². The van der Waals surface area contributed by atoms with Crippen molar-refractivity contribution in [1.82, 2.24) is 15.1 Å². The third kappa shape index (κ3) is 4.57. The molecule has 1 N–H and O–H groups in total. The average molecular weight is 374 g/mol. The number of hydrogen-bond acceptors (Lipinski definition) is 6. The van der Waals surface area contributed by atoms with E-state index in [1.807, 2.05) is 36.0 Å². The van der Waals surface area contributed by atoms with Crippen molar-refractivity contribution < 1.29 is 9.53 Å². The van der Waals surface area contributed by atoms with Gasteiger partial charge in [0.05, 0.1) is 7.11 Å². The summed E-state index contributed by atoms with van der Waals surface area (Å²) in [6.45, 7) is 2.02. The minimum atomic E-state index is -0.285. The molecule has 0 radical (unpaired) electrons. The maximum Gasteiger partial charge on any atom is 0.267 e. The summed E-state index contributed by atoms with van der Waals surface area (Å²) in [6.07, 6.45) is 0. The van der Waals surface area contributed by atoms with Crippen molar-refractivity contribution in [2.45, 2.75) is 13.1 Å². The third-order valence-electron chi connectivity index (χ3n) is 4.15. The Labute approximate surface area is 156 Å². The fourth-order valence-corrected chi connectivity index (χ4v) is 3.65. The molecule has 1 aliphatic rings. The lowest BCUT2D eigenvalue weighted by atomic mass is 10.2. The lowest BCUT2D eigenvalue weighted by Crippen LogP contribution is -2.37. The monoisotopic (exact) mass is 374 g/mol. The molecule has 1 aromatic heterocycles. The molecule has 0 bridgehead atoms. The van der Waals surface area contributed by atoms with Crippen LogP contribution in [0.1, 0.15) is 5.56 Å². The number of rotatable bonds is 6. The lowest BCUT2D eigenvalue weighted by Gasteiger charge is -2.27. The molecular formula is C18H22N4O3S. The topological polar surface area (TPSA) is 76.5 Å². The lowest BCUT2D eigenvalue weighted by molar-refractivity contribution is -0.122. The fourth-order valence-electron chi connectivity index (χ4n) is 2.75. The Morgan fingerprint density at radius 2 is 2.00 bits per heavy atom. The van der Waals surface area contributed by atoms with Gasteiger partial charge in [0.1, 0.15) is 18.1 Å². The molecule has 0 spiro atoms. The van der Waals surface area contributed by atoms with Crippen LogP contribution in [0.2, 0.25) is 0 Å². The molecule has 138 valence electrons. The fraction of sp³-hybridized carbons (Fsp3) is 0.389. The molecule has 0 saturated carbocycles. The van der Waals surface area contributed by atoms with Crippen molar-refractivity contribution in [3.05, 3.63) is 52.3 Å². The molecule has 2 heterocycles. The highest BCUT2D eigenvalue weighted by atomic mass is 32.2. The number of para-hydroxylation sites is 1. The first-order chi connectivity index (χ1) is 12.7. The Kier molecular flexibility index (Phi) is 6.17. The predicted molar refractivity (Wildman–Crippen MR) is 103 cm³/mol. The molecule has 0 atom stereocenters. The number of nitrogens with one attached hydrogen (secondary N) is 1. The number of methoxy groups -OCH3 is 1. The number of ether oxygens (including phenoxy) is 1. The summed E-state index contributed by atoms with van der Waals surface area (Å²) in [7, 11) is 1.59. The van der Waals surface area contributed by atoms with Gasteiger partial charge in [-0.2, -0.15) is 16.9 Å². The molecule has 1 amide bonds. The molecule has 0 aliphatic carbocycles. The molecule has 8 heteroatoms. The first kappa shape index (κ1) is 18.3. The highest BCUT2D eigenvalue weighted by Crippen LogP contribution is 2.17. The second-order valence-corrected chi connectivity index (χ2v) is 7.10. The van der Waals surface area contributed by atoms with Crippen LogP contribution in [0.15, 0.2) is 41.2 Å². The Morgan fingerprint density at radius 1 is 1.23 bits per heavy atom. The zero-order valence-electron chi connectivity index (χ0n) is 14.7. The summed E-state index contributed by atoms with van der Waals surface area (Å²) in [5.41, 5.74) is 0.593. The second kappa shape index (κ2) is 8.75. The van der Waals surface area contributed by atoms with E-state index in [1.54, 1.807) is 13.2 Å². The van der Waals surface area contributed by atoms with Gasteiger partial charge in [-0.05, 0) is 12.1 Å². The summed E-state index contributed by atoms with van der Waals surface area (Å²) in [6, 6.07) is 10.7. The number of hydrogen-bond donors (Lipinski definition) is 1. The normalized spacial score (nSPS) is 14.1. The number of carbonyl (C=O) groups excluding carboxylic acids is 1. The van der Waals surface area contributed by atoms with E-state index in [-0.39, 0.29) is 18.0 Å². The van der Waals surface area contributed by atoms with Crippen LogP contribution in [0.5, 0.6) is 5.75 Å². The minimum absolute atomic E-state index is 0.107. The molecular weight excluding hydrogens is 352 g/mol. The Balaban J connectivity index is 1.64. The summed E-state index contributed by atoms with van der Waals surface area (Å²) in [4.78, 5) is 26.4. The van der Waals surface area contributed by atoms with Crippen LogP contribution in [-0.2, 0) is 17.9 Å². The Morgan fingerprint density at radius 3 is 2.77 bits per heavy atom. The SMILES string of the molecule is COc1ccccc1CNC(=O)Cn1nc(N2CCSCC2)ccc1=O. The van der Waals surface area contributed by atoms with Gasteiger partial charge in [-0.25, -0.2) is 4.68 Å². The van der Waals surface area contributed by atoms with E-state index in [0.717, 1.165) is 36.0 Å². The number of benzene rings is 1. The average Bonchev–Trinajstić information content (AvgIpc) is 2.69. The van der Waals surface area contributed by atoms with Gasteiger partial charge in [0.2, 0.25) is 5.91 Å². The van der Waals surface area contributed by atoms with E-state index in [2.05, 4.69) is 15.3 Å². The summed E-state index contributed by atoms with van der Waals surface area (Å²) >= 11 is 1.91. The van der Waals surface area contributed by atoms with E-state index in [4.69, 9.17) is 4.74 Å². The van der Waals surface area contributed by atoms with Gasteiger partial charge >= 0.3 is 0 Å². The van der Waals surface area contributed by atoms with Crippen molar-refractivity contribution in [3.63, 3.8) is 0 Å². The van der Waals surface area contributed by atoms with Crippen molar-refractivity contribution in [1.29, 1.82) is 0 Å². The summed E-state index contributed by atoms with van der Waals surface area (Å²) in [5, 5.41) is 7.17. The van der Waals surface area contributed by atoms with E-state index in [1.165, 1.54) is 10.7 Å². The second-order valence-electron chi connectivity index (χ2n) is 5.88. The maximum absolute atomic E-state index is 12.3. The van der Waals surface area contributed by atoms with Gasteiger partial charge in [0.25, 0.3) is 5.56 Å². The van der Waals surface area contributed by atoms with Crippen LogP contribution < -0.4 is 20.5 Å². The number of anilines is 1. The number of aromatic nitrogens is 2. The molecule has 0 unspecified atom stereocenters. The van der Waals surface area contributed by atoms with E-state index < -0.39 is 0 Å². The maximum atomic E-state index is 12.3. The molecule has 1 fully saturated rings. The molecule has 1 saturated heterocycles. The van der Waals surface area contributed by atoms with Gasteiger partial charge in [-0.1, -0.05) is 18.2 Å². The minimum Gasteiger partial charge on any atom is -0.496 e. The van der Waals surface area contributed by atoms with Crippen LogP contribution in [0.3, 0.4) is 0 Å². The Bertz CT molecular complexity index is 818. The van der Waals surface area contributed by atoms with E-state index in [0.29, 0.717) is 12.3 Å². The third-order valence-corrected chi connectivity index (χ3v) is 5.09. The van der Waals surface area contributed by atoms with Crippen LogP contribution >= 0.6 is 11.8 Å². The smallest absolute Gasteiger partial charge is 0.267 e. The molecule has 1 aliphatic heterocycles. The first-order valence-electron chi connectivity index (χ1n) is 8.47. The number of nitrogens with zero attached hydrogens (tertiary/aromatic N) is 3. The number of thioether (sulfide) groups is 1. The van der Waals surface area contributed by atoms with Crippen LogP contribution in [-0.4, -0.2) is 47.4 Å². The van der Waals surface area contributed by atoms with Crippen LogP contribution in [0.25, 0.3) is 0 Å².